The van der Waals surface area contributed by atoms with Gasteiger partial charge < -0.3 is 14.6 Å². The minimum Gasteiger partial charge on any atom is -0.468 e. The summed E-state index contributed by atoms with van der Waals surface area (Å²) in [6.45, 7) is 2.83. The highest BCUT2D eigenvalue weighted by atomic mass is 16.7. The van der Waals surface area contributed by atoms with E-state index in [0.29, 0.717) is 6.79 Å². The van der Waals surface area contributed by atoms with Crippen LogP contribution >= 0.6 is 0 Å². The molecule has 1 aliphatic rings. The molecule has 1 aromatic rings. The predicted molar refractivity (Wildman–Crippen MR) is 61.2 cm³/mol. The van der Waals surface area contributed by atoms with Gasteiger partial charge in [-0.1, -0.05) is 12.1 Å². The van der Waals surface area contributed by atoms with Gasteiger partial charge in [-0.3, -0.25) is 0 Å². The van der Waals surface area contributed by atoms with Crippen molar-refractivity contribution in [3.8, 4) is 5.75 Å². The number of rotatable bonds is 6. The van der Waals surface area contributed by atoms with Gasteiger partial charge in [0.25, 0.3) is 0 Å². The van der Waals surface area contributed by atoms with Gasteiger partial charge in [0, 0.05) is 0 Å². The molecule has 1 atom stereocenters. The maximum absolute atomic E-state index is 9.41. The second-order valence-electron chi connectivity index (χ2n) is 4.32. The van der Waals surface area contributed by atoms with Gasteiger partial charge in [0.05, 0.1) is 12.7 Å². The fourth-order valence-electron chi connectivity index (χ4n) is 1.47. The standard InChI is InChI=1S/C13H18O3/c1-10(14)12-3-2-4-13(7-12)16-9-15-8-11-5-6-11/h2-4,7,10-11,14H,5-6,8-9H2,1H3/t10-/m1/s1. The first kappa shape index (κ1) is 11.4. The lowest BCUT2D eigenvalue weighted by atomic mass is 10.1. The molecule has 0 unspecified atom stereocenters. The summed E-state index contributed by atoms with van der Waals surface area (Å²) < 4.78 is 10.8. The van der Waals surface area contributed by atoms with E-state index in [2.05, 4.69) is 0 Å². The highest BCUT2D eigenvalue weighted by molar-refractivity contribution is 5.29. The van der Waals surface area contributed by atoms with Crippen LogP contribution in [0.15, 0.2) is 24.3 Å². The number of benzene rings is 1. The quantitative estimate of drug-likeness (QED) is 0.593. The van der Waals surface area contributed by atoms with Crippen LogP contribution in [0.4, 0.5) is 0 Å². The zero-order valence-corrected chi connectivity index (χ0v) is 9.56. The normalized spacial score (nSPS) is 17.1. The lowest BCUT2D eigenvalue weighted by Crippen LogP contribution is -2.05. The van der Waals surface area contributed by atoms with Crippen LogP contribution in [-0.2, 0) is 4.74 Å². The van der Waals surface area contributed by atoms with Crippen molar-refractivity contribution in [3.63, 3.8) is 0 Å². The average Bonchev–Trinajstić information content (AvgIpc) is 3.09. The topological polar surface area (TPSA) is 38.7 Å². The van der Waals surface area contributed by atoms with Crippen LogP contribution in [0.1, 0.15) is 31.4 Å². The summed E-state index contributed by atoms with van der Waals surface area (Å²) in [5.74, 6) is 1.50. The molecule has 0 radical (unpaired) electrons. The highest BCUT2D eigenvalue weighted by Crippen LogP contribution is 2.28. The van der Waals surface area contributed by atoms with Crippen molar-refractivity contribution >= 4 is 0 Å². The van der Waals surface area contributed by atoms with Crippen molar-refractivity contribution in [1.82, 2.24) is 0 Å². The maximum atomic E-state index is 9.41. The first-order chi connectivity index (χ1) is 7.75. The van der Waals surface area contributed by atoms with Gasteiger partial charge in [0.1, 0.15) is 5.75 Å². The van der Waals surface area contributed by atoms with Crippen LogP contribution < -0.4 is 4.74 Å². The number of ether oxygens (including phenoxy) is 2. The molecule has 16 heavy (non-hydrogen) atoms. The second kappa shape index (κ2) is 5.32. The summed E-state index contributed by atoms with van der Waals surface area (Å²) in [7, 11) is 0. The Morgan fingerprint density at radius 1 is 1.44 bits per heavy atom. The van der Waals surface area contributed by atoms with Crippen molar-refractivity contribution in [2.45, 2.75) is 25.9 Å². The van der Waals surface area contributed by atoms with Gasteiger partial charge in [0.2, 0.25) is 0 Å². The van der Waals surface area contributed by atoms with E-state index in [4.69, 9.17) is 9.47 Å². The van der Waals surface area contributed by atoms with Crippen LogP contribution in [0.3, 0.4) is 0 Å². The summed E-state index contributed by atoms with van der Waals surface area (Å²) in [5, 5.41) is 9.41. The van der Waals surface area contributed by atoms with E-state index in [1.165, 1.54) is 12.8 Å². The Hall–Kier alpha value is -1.06. The van der Waals surface area contributed by atoms with E-state index in [1.807, 2.05) is 24.3 Å². The average molecular weight is 222 g/mol. The molecule has 0 amide bonds. The SMILES string of the molecule is C[C@@H](O)c1cccc(OCOCC2CC2)c1. The van der Waals surface area contributed by atoms with Gasteiger partial charge in [-0.05, 0) is 43.4 Å². The molecular formula is C13H18O3. The Kier molecular flexibility index (Phi) is 3.80. The van der Waals surface area contributed by atoms with Crippen molar-refractivity contribution in [2.24, 2.45) is 5.92 Å². The van der Waals surface area contributed by atoms with Gasteiger partial charge in [0.15, 0.2) is 6.79 Å². The zero-order chi connectivity index (χ0) is 11.4. The van der Waals surface area contributed by atoms with Gasteiger partial charge >= 0.3 is 0 Å². The van der Waals surface area contributed by atoms with Crippen molar-refractivity contribution < 1.29 is 14.6 Å². The Bertz CT molecular complexity index is 332. The van der Waals surface area contributed by atoms with E-state index in [-0.39, 0.29) is 0 Å². The molecule has 1 fully saturated rings. The molecule has 0 bridgehead atoms. The van der Waals surface area contributed by atoms with E-state index in [0.717, 1.165) is 23.8 Å². The van der Waals surface area contributed by atoms with Gasteiger partial charge in [-0.25, -0.2) is 0 Å². The third-order valence-corrected chi connectivity index (χ3v) is 2.70. The molecule has 88 valence electrons. The fraction of sp³-hybridized carbons (Fsp3) is 0.538. The lowest BCUT2D eigenvalue weighted by Gasteiger charge is -2.09. The molecule has 1 N–H and O–H groups in total. The fourth-order valence-corrected chi connectivity index (χ4v) is 1.47. The van der Waals surface area contributed by atoms with E-state index >= 15 is 0 Å². The molecule has 2 rings (SSSR count). The first-order valence-corrected chi connectivity index (χ1v) is 5.74. The van der Waals surface area contributed by atoms with Crippen LogP contribution in [0, 0.1) is 5.92 Å². The molecular weight excluding hydrogens is 204 g/mol. The van der Waals surface area contributed by atoms with Gasteiger partial charge in [-0.15, -0.1) is 0 Å². The summed E-state index contributed by atoms with van der Waals surface area (Å²) in [5.41, 5.74) is 0.861. The Morgan fingerprint density at radius 2 is 2.25 bits per heavy atom. The van der Waals surface area contributed by atoms with Crippen LogP contribution in [0.2, 0.25) is 0 Å². The summed E-state index contributed by atoms with van der Waals surface area (Å²) in [4.78, 5) is 0. The lowest BCUT2D eigenvalue weighted by molar-refractivity contribution is 0.00984. The van der Waals surface area contributed by atoms with E-state index in [9.17, 15) is 5.11 Å². The monoisotopic (exact) mass is 222 g/mol. The number of hydrogen-bond donors (Lipinski definition) is 1. The molecule has 1 saturated carbocycles. The van der Waals surface area contributed by atoms with Crippen molar-refractivity contribution in [1.29, 1.82) is 0 Å². The van der Waals surface area contributed by atoms with E-state index < -0.39 is 6.10 Å². The number of aliphatic hydroxyl groups is 1. The largest absolute Gasteiger partial charge is 0.468 e. The third kappa shape index (κ3) is 3.51. The Labute approximate surface area is 96.0 Å². The highest BCUT2D eigenvalue weighted by Gasteiger charge is 2.21. The number of aliphatic hydroxyl groups excluding tert-OH is 1. The molecule has 3 nitrogen and oxygen atoms in total. The summed E-state index contributed by atoms with van der Waals surface area (Å²) in [6, 6.07) is 7.46. The smallest absolute Gasteiger partial charge is 0.189 e. The molecule has 0 aromatic heterocycles. The van der Waals surface area contributed by atoms with Crippen LogP contribution in [0.25, 0.3) is 0 Å². The molecule has 1 aliphatic carbocycles. The third-order valence-electron chi connectivity index (χ3n) is 2.70. The molecule has 0 aliphatic heterocycles. The molecule has 1 aromatic carbocycles. The molecule has 0 heterocycles. The maximum Gasteiger partial charge on any atom is 0.189 e. The van der Waals surface area contributed by atoms with E-state index in [1.54, 1.807) is 6.92 Å². The Balaban J connectivity index is 1.76. The minimum absolute atomic E-state index is 0.291. The molecule has 3 heteroatoms. The second-order valence-corrected chi connectivity index (χ2v) is 4.32. The van der Waals surface area contributed by atoms with Crippen LogP contribution in [0.5, 0.6) is 5.75 Å². The molecule has 0 spiro atoms. The minimum atomic E-state index is -0.462. The van der Waals surface area contributed by atoms with Crippen molar-refractivity contribution in [3.05, 3.63) is 29.8 Å². The number of hydrogen-bond acceptors (Lipinski definition) is 3. The first-order valence-electron chi connectivity index (χ1n) is 5.74. The predicted octanol–water partition coefficient (Wildman–Crippen LogP) is 2.50. The van der Waals surface area contributed by atoms with Crippen molar-refractivity contribution in [2.75, 3.05) is 13.4 Å². The van der Waals surface area contributed by atoms with Crippen LogP contribution in [-0.4, -0.2) is 18.5 Å². The summed E-state index contributed by atoms with van der Waals surface area (Å²) >= 11 is 0. The zero-order valence-electron chi connectivity index (χ0n) is 9.56. The van der Waals surface area contributed by atoms with Gasteiger partial charge in [-0.2, -0.15) is 0 Å². The summed E-state index contributed by atoms with van der Waals surface area (Å²) in [6.07, 6.45) is 2.12. The Morgan fingerprint density at radius 3 is 2.94 bits per heavy atom. The molecule has 0 saturated heterocycles.